The van der Waals surface area contributed by atoms with E-state index in [0.717, 1.165) is 11.1 Å². The summed E-state index contributed by atoms with van der Waals surface area (Å²) in [6, 6.07) is 19.8. The van der Waals surface area contributed by atoms with E-state index in [1.54, 1.807) is 6.92 Å². The van der Waals surface area contributed by atoms with Crippen LogP contribution in [0, 0.1) is 0 Å². The van der Waals surface area contributed by atoms with Crippen LogP contribution in [0.5, 0.6) is 0 Å². The van der Waals surface area contributed by atoms with Gasteiger partial charge in [0.05, 0.1) is 6.04 Å². The topological polar surface area (TPSA) is 49.3 Å². The molecule has 2 atom stereocenters. The number of hydrogen-bond acceptors (Lipinski definition) is 2. The average molecular weight is 274 g/mol. The molecule has 19 heavy (non-hydrogen) atoms. The highest BCUT2D eigenvalue weighted by Gasteiger charge is 2.27. The third-order valence-corrected chi connectivity index (χ3v) is 3.82. The molecule has 98 valence electrons. The molecule has 0 amide bonds. The number of hydrogen-bond donors (Lipinski definition) is 2. The van der Waals surface area contributed by atoms with Gasteiger partial charge in [0.1, 0.15) is 0 Å². The molecule has 2 aromatic carbocycles. The van der Waals surface area contributed by atoms with Crippen molar-refractivity contribution in [3.8, 4) is 0 Å². The number of benzene rings is 2. The molecule has 0 saturated heterocycles. The summed E-state index contributed by atoms with van der Waals surface area (Å²) >= 11 is 0. The van der Waals surface area contributed by atoms with E-state index in [1.165, 1.54) is 0 Å². The molecule has 0 radical (unpaired) electrons. The lowest BCUT2D eigenvalue weighted by atomic mass is 9.99. The lowest BCUT2D eigenvalue weighted by molar-refractivity contribution is 0.467. The monoisotopic (exact) mass is 274 g/mol. The molecule has 0 aliphatic carbocycles. The van der Waals surface area contributed by atoms with Crippen LogP contribution in [0.1, 0.15) is 24.1 Å². The van der Waals surface area contributed by atoms with Crippen molar-refractivity contribution in [3.05, 3.63) is 71.8 Å². The van der Waals surface area contributed by atoms with Crippen molar-refractivity contribution >= 4 is 8.03 Å². The first-order valence-corrected chi connectivity index (χ1v) is 7.48. The second-order valence-corrected chi connectivity index (χ2v) is 5.78. The van der Waals surface area contributed by atoms with E-state index in [-0.39, 0.29) is 6.04 Å². The molecule has 2 aromatic rings. The van der Waals surface area contributed by atoms with Gasteiger partial charge in [0.15, 0.2) is 0 Å². The molecule has 0 aliphatic rings. The van der Waals surface area contributed by atoms with Crippen LogP contribution >= 0.6 is 8.03 Å². The molecule has 0 heterocycles. The molecule has 3 nitrogen and oxygen atoms in total. The Morgan fingerprint density at radius 2 is 1.37 bits per heavy atom. The minimum Gasteiger partial charge on any atom is -0.260 e. The van der Waals surface area contributed by atoms with Crippen LogP contribution in [-0.4, -0.2) is 10.7 Å². The van der Waals surface area contributed by atoms with Gasteiger partial charge in [-0.1, -0.05) is 60.7 Å². The van der Waals surface area contributed by atoms with Crippen molar-refractivity contribution < 1.29 is 9.46 Å². The van der Waals surface area contributed by atoms with Crippen LogP contribution in [0.15, 0.2) is 60.7 Å². The molecular formula is C15H17NO2P+. The van der Waals surface area contributed by atoms with Crippen molar-refractivity contribution in [2.24, 2.45) is 0 Å². The van der Waals surface area contributed by atoms with Gasteiger partial charge in [-0.3, -0.25) is 5.32 Å². The van der Waals surface area contributed by atoms with E-state index >= 15 is 0 Å². The minimum absolute atomic E-state index is 0.0801. The molecule has 0 spiro atoms. The smallest absolute Gasteiger partial charge is 0.260 e. The van der Waals surface area contributed by atoms with Gasteiger partial charge < -0.3 is 0 Å². The second-order valence-electron chi connectivity index (χ2n) is 4.40. The van der Waals surface area contributed by atoms with Crippen molar-refractivity contribution in [1.82, 2.24) is 5.32 Å². The largest absolute Gasteiger partial charge is 0.524 e. The lowest BCUT2D eigenvalue weighted by Crippen LogP contribution is -2.28. The normalized spacial score (nSPS) is 13.3. The van der Waals surface area contributed by atoms with E-state index in [0.29, 0.717) is 0 Å². The average Bonchev–Trinajstić information content (AvgIpc) is 2.46. The summed E-state index contributed by atoms with van der Waals surface area (Å²) < 4.78 is 11.2. The first kappa shape index (κ1) is 13.9. The van der Waals surface area contributed by atoms with Crippen LogP contribution in [0.2, 0.25) is 0 Å². The van der Waals surface area contributed by atoms with Crippen molar-refractivity contribution in [2.45, 2.75) is 18.7 Å². The van der Waals surface area contributed by atoms with Gasteiger partial charge in [-0.15, -0.1) is 0 Å². The third kappa shape index (κ3) is 3.71. The van der Waals surface area contributed by atoms with Crippen LogP contribution in [0.25, 0.3) is 0 Å². The summed E-state index contributed by atoms with van der Waals surface area (Å²) in [6.07, 6.45) is 0. The zero-order chi connectivity index (χ0) is 13.7. The van der Waals surface area contributed by atoms with Gasteiger partial charge in [0, 0.05) is 0 Å². The van der Waals surface area contributed by atoms with Crippen LogP contribution in [0.3, 0.4) is 0 Å². The predicted octanol–water partition coefficient (Wildman–Crippen LogP) is 3.45. The molecule has 0 aliphatic heterocycles. The van der Waals surface area contributed by atoms with Gasteiger partial charge in [0.2, 0.25) is 5.78 Å². The first-order valence-electron chi connectivity index (χ1n) is 6.19. The molecule has 0 saturated carbocycles. The fraction of sp³-hybridized carbons (Fsp3) is 0.200. The van der Waals surface area contributed by atoms with Gasteiger partial charge in [-0.2, -0.15) is 4.89 Å². The number of rotatable bonds is 5. The van der Waals surface area contributed by atoms with Crippen LogP contribution in [-0.2, 0) is 4.57 Å². The zero-order valence-electron chi connectivity index (χ0n) is 10.7. The molecular weight excluding hydrogens is 257 g/mol. The Morgan fingerprint density at radius 3 is 1.74 bits per heavy atom. The Labute approximate surface area is 114 Å². The SMILES string of the molecule is C[C@@H](NC(c1ccccc1)c1ccccc1)[P+](=O)O. The third-order valence-electron chi connectivity index (χ3n) is 3.00. The first-order chi connectivity index (χ1) is 9.18. The van der Waals surface area contributed by atoms with Gasteiger partial charge >= 0.3 is 8.03 Å². The Bertz CT molecular complexity index is 491. The van der Waals surface area contributed by atoms with Gasteiger partial charge in [-0.25, -0.2) is 0 Å². The molecule has 0 fully saturated rings. The van der Waals surface area contributed by atoms with E-state index < -0.39 is 13.8 Å². The van der Waals surface area contributed by atoms with Crippen LogP contribution < -0.4 is 5.32 Å². The fourth-order valence-corrected chi connectivity index (χ4v) is 2.26. The number of nitrogens with one attached hydrogen (secondary N) is 1. The highest BCUT2D eigenvalue weighted by atomic mass is 31.1. The Hall–Kier alpha value is -1.54. The highest BCUT2D eigenvalue weighted by molar-refractivity contribution is 7.38. The Kier molecular flexibility index (Phi) is 4.80. The molecule has 2 N–H and O–H groups in total. The minimum atomic E-state index is -2.24. The maximum atomic E-state index is 11.2. The molecule has 1 unspecified atom stereocenters. The van der Waals surface area contributed by atoms with Crippen molar-refractivity contribution in [1.29, 1.82) is 0 Å². The van der Waals surface area contributed by atoms with Gasteiger partial charge in [0.25, 0.3) is 0 Å². The Morgan fingerprint density at radius 1 is 0.947 bits per heavy atom. The molecule has 0 aromatic heterocycles. The summed E-state index contributed by atoms with van der Waals surface area (Å²) in [7, 11) is -2.24. The molecule has 2 rings (SSSR count). The van der Waals surface area contributed by atoms with Crippen LogP contribution in [0.4, 0.5) is 0 Å². The van der Waals surface area contributed by atoms with E-state index in [2.05, 4.69) is 5.32 Å². The van der Waals surface area contributed by atoms with Gasteiger partial charge in [-0.05, 0) is 22.6 Å². The fourth-order valence-electron chi connectivity index (χ4n) is 1.98. The second kappa shape index (κ2) is 6.58. The summed E-state index contributed by atoms with van der Waals surface area (Å²) in [5.41, 5.74) is 2.16. The van der Waals surface area contributed by atoms with E-state index in [1.807, 2.05) is 60.7 Å². The van der Waals surface area contributed by atoms with E-state index in [9.17, 15) is 9.46 Å². The Balaban J connectivity index is 2.32. The maximum Gasteiger partial charge on any atom is 0.524 e. The summed E-state index contributed by atoms with van der Waals surface area (Å²) in [6.45, 7) is 1.72. The lowest BCUT2D eigenvalue weighted by Gasteiger charge is -2.19. The molecule has 0 bridgehead atoms. The summed E-state index contributed by atoms with van der Waals surface area (Å²) in [4.78, 5) is 9.21. The zero-order valence-corrected chi connectivity index (χ0v) is 11.6. The van der Waals surface area contributed by atoms with Crippen molar-refractivity contribution in [2.75, 3.05) is 0 Å². The van der Waals surface area contributed by atoms with Crippen molar-refractivity contribution in [3.63, 3.8) is 0 Å². The quantitative estimate of drug-likeness (QED) is 0.821. The summed E-state index contributed by atoms with van der Waals surface area (Å²) in [5.74, 6) is -0.458. The predicted molar refractivity (Wildman–Crippen MR) is 77.2 cm³/mol. The van der Waals surface area contributed by atoms with E-state index in [4.69, 9.17) is 0 Å². The maximum absolute atomic E-state index is 11.2. The molecule has 4 heteroatoms. The summed E-state index contributed by atoms with van der Waals surface area (Å²) in [5, 5.41) is 3.22. The standard InChI is InChI=1S/C15H16NO2P/c1-12(19(17)18)16-15(13-8-4-2-5-9-13)14-10-6-3-7-11-14/h2-12,15-16H,1H3/p+1/t12-/m0/s1. The highest BCUT2D eigenvalue weighted by Crippen LogP contribution is 2.27.